The molecule has 178 valence electrons. The molecule has 0 spiro atoms. The normalized spacial score (nSPS) is 20.1. The summed E-state index contributed by atoms with van der Waals surface area (Å²) in [5.74, 6) is 0.585. The van der Waals surface area contributed by atoms with E-state index >= 15 is 0 Å². The number of nitroso groups, excluding NO2 is 1. The number of nitrogens with one attached hydrogen (secondary N) is 2. The summed E-state index contributed by atoms with van der Waals surface area (Å²) in [6.07, 6.45) is 5.94. The van der Waals surface area contributed by atoms with Crippen molar-refractivity contribution in [2.24, 2.45) is 16.1 Å². The van der Waals surface area contributed by atoms with Gasteiger partial charge in [-0.1, -0.05) is 34.6 Å². The summed E-state index contributed by atoms with van der Waals surface area (Å²) in [4.78, 5) is 33.0. The van der Waals surface area contributed by atoms with E-state index < -0.39 is 0 Å². The average Bonchev–Trinajstić information content (AvgIpc) is 2.78. The number of rotatable bonds is 7. The lowest BCUT2D eigenvalue weighted by Crippen LogP contribution is -2.48. The monoisotopic (exact) mass is 452 g/mol. The summed E-state index contributed by atoms with van der Waals surface area (Å²) >= 11 is 0. The molecule has 2 heterocycles. The second-order valence-electron chi connectivity index (χ2n) is 10.9. The largest absolute Gasteiger partial charge is 0.381 e. The quantitative estimate of drug-likeness (QED) is 0.445. The average molecular weight is 453 g/mol. The Morgan fingerprint density at radius 1 is 1.27 bits per heavy atom. The maximum absolute atomic E-state index is 12.8. The van der Waals surface area contributed by atoms with E-state index in [1.807, 2.05) is 12.1 Å². The lowest BCUT2D eigenvalue weighted by atomic mass is 9.68. The number of pyridine rings is 2. The predicted molar refractivity (Wildman–Crippen MR) is 132 cm³/mol. The third kappa shape index (κ3) is 6.27. The van der Waals surface area contributed by atoms with E-state index in [1.165, 1.54) is 5.01 Å². The van der Waals surface area contributed by atoms with Gasteiger partial charge in [-0.2, -0.15) is 0 Å². The Hall–Kier alpha value is -3.03. The zero-order chi connectivity index (χ0) is 24.2. The van der Waals surface area contributed by atoms with E-state index in [9.17, 15) is 9.70 Å². The Kier molecular flexibility index (Phi) is 7.34. The third-order valence-corrected chi connectivity index (χ3v) is 6.38. The first kappa shape index (κ1) is 24.6. The second kappa shape index (κ2) is 9.85. The summed E-state index contributed by atoms with van der Waals surface area (Å²) in [7, 11) is 1.61. The Bertz CT molecular complexity index is 971. The number of nitrogens with zero attached hydrogens (tertiary/aromatic N) is 4. The van der Waals surface area contributed by atoms with Crippen LogP contribution in [0.4, 0.5) is 11.5 Å². The fraction of sp³-hybridized carbons (Fsp3) is 0.560. The highest BCUT2D eigenvalue weighted by atomic mass is 16.3. The third-order valence-electron chi connectivity index (χ3n) is 6.38. The van der Waals surface area contributed by atoms with Crippen molar-refractivity contribution in [1.29, 1.82) is 0 Å². The number of aromatic nitrogens is 2. The molecule has 2 N–H and O–H groups in total. The van der Waals surface area contributed by atoms with Crippen LogP contribution >= 0.6 is 0 Å². The van der Waals surface area contributed by atoms with Gasteiger partial charge in [0.15, 0.2) is 5.82 Å². The van der Waals surface area contributed by atoms with Gasteiger partial charge < -0.3 is 10.6 Å². The molecule has 1 amide bonds. The molecule has 8 heteroatoms. The minimum atomic E-state index is -0.109. The van der Waals surface area contributed by atoms with Crippen LogP contribution in [-0.2, 0) is 0 Å². The lowest BCUT2D eigenvalue weighted by molar-refractivity contribution is 0.0836. The molecule has 1 aliphatic carbocycles. The zero-order valence-electron chi connectivity index (χ0n) is 20.6. The summed E-state index contributed by atoms with van der Waals surface area (Å²) in [5.41, 5.74) is 2.31. The first-order valence-corrected chi connectivity index (χ1v) is 11.5. The first-order valence-electron chi connectivity index (χ1n) is 11.5. The topological polar surface area (TPSA) is 99.6 Å². The van der Waals surface area contributed by atoms with Crippen molar-refractivity contribution in [2.45, 2.75) is 65.8 Å². The molecular formula is C25H36N6O2. The molecule has 0 radical (unpaired) electrons. The molecule has 1 fully saturated rings. The highest BCUT2D eigenvalue weighted by Crippen LogP contribution is 2.43. The van der Waals surface area contributed by atoms with Crippen LogP contribution in [0.2, 0.25) is 0 Å². The van der Waals surface area contributed by atoms with E-state index in [4.69, 9.17) is 4.98 Å². The molecule has 8 nitrogen and oxygen atoms in total. The van der Waals surface area contributed by atoms with Crippen LogP contribution < -0.4 is 15.6 Å². The van der Waals surface area contributed by atoms with Gasteiger partial charge >= 0.3 is 0 Å². The summed E-state index contributed by atoms with van der Waals surface area (Å²) in [5, 5.41) is 11.0. The molecule has 1 aliphatic rings. The first-order chi connectivity index (χ1) is 15.5. The van der Waals surface area contributed by atoms with Crippen molar-refractivity contribution in [2.75, 3.05) is 23.9 Å². The van der Waals surface area contributed by atoms with Crippen molar-refractivity contribution in [1.82, 2.24) is 15.3 Å². The standard InChI is InChI=1S/C25H36N6O2/c1-24(2,3)16-27-20-10-9-19(28-22(20)31(6)30-33)17-11-12-25(4,5)21(14-17)29-23(32)18-8-7-13-26-15-18/h7-10,13,15,17,21,27H,11-12,14,16H2,1-6H3,(H,29,32). The molecule has 2 aromatic rings. The fourth-order valence-electron chi connectivity index (χ4n) is 4.18. The number of anilines is 2. The van der Waals surface area contributed by atoms with Gasteiger partial charge in [0.2, 0.25) is 0 Å². The van der Waals surface area contributed by atoms with Gasteiger partial charge in [-0.3, -0.25) is 9.78 Å². The van der Waals surface area contributed by atoms with E-state index in [1.54, 1.807) is 31.6 Å². The van der Waals surface area contributed by atoms with Crippen molar-refractivity contribution in [3.63, 3.8) is 0 Å². The minimum absolute atomic E-state index is 0.00479. The highest BCUT2D eigenvalue weighted by Gasteiger charge is 2.38. The molecule has 3 rings (SSSR count). The minimum Gasteiger partial charge on any atom is -0.381 e. The van der Waals surface area contributed by atoms with Crippen molar-refractivity contribution in [3.8, 4) is 0 Å². The smallest absolute Gasteiger partial charge is 0.253 e. The lowest BCUT2D eigenvalue weighted by Gasteiger charge is -2.42. The summed E-state index contributed by atoms with van der Waals surface area (Å²) < 4.78 is 0. The van der Waals surface area contributed by atoms with Gasteiger partial charge in [-0.25, -0.2) is 9.99 Å². The predicted octanol–water partition coefficient (Wildman–Crippen LogP) is 5.14. The van der Waals surface area contributed by atoms with Gasteiger partial charge in [-0.15, -0.1) is 4.91 Å². The molecule has 0 bridgehead atoms. The zero-order valence-corrected chi connectivity index (χ0v) is 20.6. The molecule has 0 aromatic carbocycles. The van der Waals surface area contributed by atoms with Gasteiger partial charge in [0, 0.05) is 43.6 Å². The number of hydrogen-bond acceptors (Lipinski definition) is 6. The molecule has 1 saturated carbocycles. The van der Waals surface area contributed by atoms with Crippen LogP contribution in [0, 0.1) is 15.7 Å². The van der Waals surface area contributed by atoms with Crippen molar-refractivity contribution in [3.05, 3.63) is 52.8 Å². The van der Waals surface area contributed by atoms with Gasteiger partial charge in [-0.05, 0) is 54.4 Å². The van der Waals surface area contributed by atoms with Crippen LogP contribution in [0.15, 0.2) is 41.9 Å². The van der Waals surface area contributed by atoms with E-state index in [0.29, 0.717) is 11.4 Å². The van der Waals surface area contributed by atoms with Crippen LogP contribution in [0.3, 0.4) is 0 Å². The fourth-order valence-corrected chi connectivity index (χ4v) is 4.18. The molecule has 2 unspecified atom stereocenters. The van der Waals surface area contributed by atoms with Crippen molar-refractivity contribution >= 4 is 17.4 Å². The molecule has 2 atom stereocenters. The van der Waals surface area contributed by atoms with Crippen LogP contribution in [0.5, 0.6) is 0 Å². The summed E-state index contributed by atoms with van der Waals surface area (Å²) in [6.45, 7) is 11.6. The number of hydrogen-bond donors (Lipinski definition) is 2. The van der Waals surface area contributed by atoms with Crippen LogP contribution in [-0.4, -0.2) is 35.5 Å². The Morgan fingerprint density at radius 3 is 2.67 bits per heavy atom. The van der Waals surface area contributed by atoms with Gasteiger partial charge in [0.05, 0.1) is 16.5 Å². The van der Waals surface area contributed by atoms with Crippen LogP contribution in [0.25, 0.3) is 0 Å². The van der Waals surface area contributed by atoms with E-state index in [2.05, 4.69) is 55.5 Å². The molecule has 2 aromatic heterocycles. The van der Waals surface area contributed by atoms with Gasteiger partial charge in [0.1, 0.15) is 0 Å². The van der Waals surface area contributed by atoms with E-state index in [-0.39, 0.29) is 28.7 Å². The molecule has 0 saturated heterocycles. The number of carbonyl (C=O) groups excluding carboxylic acids is 1. The van der Waals surface area contributed by atoms with E-state index in [0.717, 1.165) is 37.2 Å². The van der Waals surface area contributed by atoms with Crippen molar-refractivity contribution < 1.29 is 4.79 Å². The molecule has 0 aliphatic heterocycles. The maximum Gasteiger partial charge on any atom is 0.253 e. The maximum atomic E-state index is 12.8. The summed E-state index contributed by atoms with van der Waals surface area (Å²) in [6, 6.07) is 7.54. The van der Waals surface area contributed by atoms with Crippen LogP contribution in [0.1, 0.15) is 75.9 Å². The Labute approximate surface area is 196 Å². The second-order valence-corrected chi connectivity index (χ2v) is 10.9. The van der Waals surface area contributed by atoms with Gasteiger partial charge in [0.25, 0.3) is 5.91 Å². The molecule has 33 heavy (non-hydrogen) atoms. The molecular weight excluding hydrogens is 416 g/mol. The Balaban J connectivity index is 1.81. The Morgan fingerprint density at radius 2 is 2.03 bits per heavy atom. The number of amides is 1. The number of carbonyl (C=O) groups is 1. The SMILES string of the molecule is CN(N=O)c1nc(C2CCC(C)(C)C(NC(=O)c3cccnc3)C2)ccc1NCC(C)(C)C. The highest BCUT2D eigenvalue weighted by molar-refractivity contribution is 5.94.